The van der Waals surface area contributed by atoms with Crippen molar-refractivity contribution in [2.75, 3.05) is 19.0 Å². The third-order valence-corrected chi connectivity index (χ3v) is 6.18. The number of rotatable bonds is 9. The van der Waals surface area contributed by atoms with Gasteiger partial charge in [0, 0.05) is 43.3 Å². The molecule has 36 heavy (non-hydrogen) atoms. The summed E-state index contributed by atoms with van der Waals surface area (Å²) in [4.78, 5) is 25.0. The lowest BCUT2D eigenvalue weighted by Crippen LogP contribution is -2.29. The summed E-state index contributed by atoms with van der Waals surface area (Å²) >= 11 is 0. The van der Waals surface area contributed by atoms with Gasteiger partial charge in [-0.1, -0.05) is 12.1 Å². The zero-order chi connectivity index (χ0) is 26.1. The maximum absolute atomic E-state index is 14.6. The molecule has 7 nitrogen and oxygen atoms in total. The Balaban J connectivity index is 1.55. The number of hydrogen-bond acceptors (Lipinski definition) is 4. The van der Waals surface area contributed by atoms with Gasteiger partial charge in [-0.25, -0.2) is 9.18 Å². The fourth-order valence-corrected chi connectivity index (χ4v) is 4.12. The number of carbonyl (C=O) groups is 2. The summed E-state index contributed by atoms with van der Waals surface area (Å²) in [6, 6.07) is 6.46. The number of benzene rings is 2. The number of aromatic nitrogens is 2. The molecule has 1 aromatic heterocycles. The number of carboxylic acids is 1. The van der Waals surface area contributed by atoms with Crippen LogP contribution in [0.25, 0.3) is 11.1 Å². The molecule has 0 aliphatic heterocycles. The van der Waals surface area contributed by atoms with Crippen molar-refractivity contribution in [1.29, 1.82) is 0 Å². The first-order valence-corrected chi connectivity index (χ1v) is 11.1. The van der Waals surface area contributed by atoms with Gasteiger partial charge in [-0.05, 0) is 49.1 Å². The number of ether oxygens (including phenoxy) is 1. The average molecular weight is 505 g/mol. The summed E-state index contributed by atoms with van der Waals surface area (Å²) in [5.74, 6) is -2.94. The van der Waals surface area contributed by atoms with Gasteiger partial charge in [0.15, 0.2) is 0 Å². The van der Waals surface area contributed by atoms with Crippen LogP contribution in [0.2, 0.25) is 0 Å². The number of hydrogen-bond donors (Lipinski definition) is 2. The zero-order valence-corrected chi connectivity index (χ0v) is 19.2. The second kappa shape index (κ2) is 9.73. The number of halogens is 4. The van der Waals surface area contributed by atoms with E-state index in [-0.39, 0.29) is 29.7 Å². The van der Waals surface area contributed by atoms with E-state index >= 15 is 0 Å². The minimum atomic E-state index is -4.70. The second-order valence-corrected chi connectivity index (χ2v) is 8.63. The first kappa shape index (κ1) is 25.4. The number of carboxylic acid groups (broad SMARTS) is 1. The van der Waals surface area contributed by atoms with Crippen molar-refractivity contribution in [3.05, 3.63) is 71.3 Å². The zero-order valence-electron chi connectivity index (χ0n) is 19.2. The molecule has 4 rings (SSSR count). The van der Waals surface area contributed by atoms with Crippen molar-refractivity contribution in [1.82, 2.24) is 9.78 Å². The summed E-state index contributed by atoms with van der Waals surface area (Å²) in [5, 5.41) is 16.6. The molecule has 0 bridgehead atoms. The molecular weight excluding hydrogens is 482 g/mol. The van der Waals surface area contributed by atoms with Crippen LogP contribution in [-0.2, 0) is 27.7 Å². The molecule has 1 heterocycles. The minimum Gasteiger partial charge on any atom is -0.478 e. The third-order valence-electron chi connectivity index (χ3n) is 6.18. The fraction of sp³-hybridized carbons (Fsp3) is 0.320. The normalized spacial score (nSPS) is 14.5. The average Bonchev–Trinajstić information content (AvgIpc) is 3.50. The van der Waals surface area contributed by atoms with Crippen molar-refractivity contribution >= 4 is 17.6 Å². The minimum absolute atomic E-state index is 0.0743. The van der Waals surface area contributed by atoms with Gasteiger partial charge < -0.3 is 15.2 Å². The number of aromatic carboxylic acids is 1. The summed E-state index contributed by atoms with van der Waals surface area (Å²) in [5.41, 5.74) is -1.49. The highest BCUT2D eigenvalue weighted by Crippen LogP contribution is 2.50. The molecular formula is C25H23F4N3O4. The third kappa shape index (κ3) is 5.11. The highest BCUT2D eigenvalue weighted by molar-refractivity contribution is 6.03. The Bertz CT molecular complexity index is 1300. The molecule has 11 heteroatoms. The molecule has 0 unspecified atom stereocenters. The van der Waals surface area contributed by atoms with Gasteiger partial charge >= 0.3 is 12.1 Å². The topological polar surface area (TPSA) is 93.5 Å². The molecule has 1 aliphatic rings. The van der Waals surface area contributed by atoms with E-state index in [1.165, 1.54) is 18.2 Å². The smallest absolute Gasteiger partial charge is 0.416 e. The van der Waals surface area contributed by atoms with Gasteiger partial charge in [0.2, 0.25) is 5.91 Å². The van der Waals surface area contributed by atoms with Gasteiger partial charge in [0.1, 0.15) is 5.82 Å². The molecule has 1 aliphatic carbocycles. The number of methoxy groups -OCH3 is 1. The van der Waals surface area contributed by atoms with E-state index in [1.807, 2.05) is 0 Å². The van der Waals surface area contributed by atoms with Gasteiger partial charge in [0.05, 0.1) is 22.7 Å². The molecule has 0 spiro atoms. The van der Waals surface area contributed by atoms with Crippen molar-refractivity contribution in [2.45, 2.75) is 37.4 Å². The van der Waals surface area contributed by atoms with Gasteiger partial charge in [-0.2, -0.15) is 18.3 Å². The molecule has 190 valence electrons. The highest BCUT2D eigenvalue weighted by Gasteiger charge is 2.53. The maximum Gasteiger partial charge on any atom is 0.416 e. The van der Waals surface area contributed by atoms with E-state index in [4.69, 9.17) is 4.74 Å². The Morgan fingerprint density at radius 1 is 1.19 bits per heavy atom. The van der Waals surface area contributed by atoms with Crippen molar-refractivity contribution in [3.63, 3.8) is 0 Å². The van der Waals surface area contributed by atoms with Crippen LogP contribution in [-0.4, -0.2) is 40.5 Å². The lowest BCUT2D eigenvalue weighted by atomic mass is 9.93. The first-order chi connectivity index (χ1) is 17.0. The molecule has 0 atom stereocenters. The number of amides is 1. The highest BCUT2D eigenvalue weighted by atomic mass is 19.4. The number of nitrogens with zero attached hydrogens (tertiary/aromatic N) is 2. The number of anilines is 1. The number of aryl methyl sites for hydroxylation is 1. The monoisotopic (exact) mass is 505 g/mol. The van der Waals surface area contributed by atoms with Crippen LogP contribution < -0.4 is 5.32 Å². The Hall–Kier alpha value is -3.73. The quantitative estimate of drug-likeness (QED) is 0.311. The van der Waals surface area contributed by atoms with Gasteiger partial charge in [0.25, 0.3) is 0 Å². The van der Waals surface area contributed by atoms with Crippen LogP contribution in [0.5, 0.6) is 0 Å². The molecule has 1 saturated carbocycles. The number of alkyl halides is 3. The van der Waals surface area contributed by atoms with E-state index < -0.39 is 34.8 Å². The largest absolute Gasteiger partial charge is 0.478 e. The molecule has 1 amide bonds. The van der Waals surface area contributed by atoms with E-state index in [0.717, 1.165) is 18.6 Å². The van der Waals surface area contributed by atoms with E-state index in [0.29, 0.717) is 30.3 Å². The predicted molar refractivity (Wildman–Crippen MR) is 122 cm³/mol. The fourth-order valence-electron chi connectivity index (χ4n) is 4.12. The molecule has 3 aromatic rings. The summed E-state index contributed by atoms with van der Waals surface area (Å²) in [7, 11) is 1.60. The van der Waals surface area contributed by atoms with Crippen LogP contribution in [0.3, 0.4) is 0 Å². The van der Waals surface area contributed by atoms with Crippen LogP contribution in [0.1, 0.15) is 40.7 Å². The summed E-state index contributed by atoms with van der Waals surface area (Å²) < 4.78 is 59.9. The van der Waals surface area contributed by atoms with Crippen LogP contribution in [0, 0.1) is 5.82 Å². The molecule has 2 aromatic carbocycles. The molecule has 2 N–H and O–H groups in total. The van der Waals surface area contributed by atoms with Crippen molar-refractivity contribution in [3.8, 4) is 11.1 Å². The number of carbonyl (C=O) groups excluding carboxylic acids is 1. The molecule has 1 fully saturated rings. The predicted octanol–water partition coefficient (Wildman–Crippen LogP) is 5.11. The van der Waals surface area contributed by atoms with Crippen molar-refractivity contribution < 1.29 is 37.0 Å². The Labute approximate surface area is 203 Å². The SMILES string of the molecule is COCCCn1cc(-c2ccc(NC(=O)C3(c4ccc(C(F)(F)F)cc4F)CC3)cc2C(=O)O)cn1. The van der Waals surface area contributed by atoms with Crippen molar-refractivity contribution in [2.24, 2.45) is 0 Å². The van der Waals surface area contributed by atoms with Gasteiger partial charge in [-0.15, -0.1) is 0 Å². The number of nitrogens with one attached hydrogen (secondary N) is 1. The Kier molecular flexibility index (Phi) is 6.85. The van der Waals surface area contributed by atoms with E-state index in [1.54, 1.807) is 24.2 Å². The standard InChI is InChI=1S/C25H23F4N3O4/c1-36-10-2-9-32-14-15(13-30-32)18-5-4-17(12-19(18)22(33)34)31-23(35)24(7-8-24)20-6-3-16(11-21(20)26)25(27,28)29/h3-6,11-14H,2,7-10H2,1H3,(H,31,35)(H,33,34). The summed E-state index contributed by atoms with van der Waals surface area (Å²) in [6.45, 7) is 1.15. The maximum atomic E-state index is 14.6. The second-order valence-electron chi connectivity index (χ2n) is 8.63. The van der Waals surface area contributed by atoms with Gasteiger partial charge in [-0.3, -0.25) is 9.48 Å². The summed E-state index contributed by atoms with van der Waals surface area (Å²) in [6.07, 6.45) is -0.203. The van der Waals surface area contributed by atoms with Crippen LogP contribution in [0.4, 0.5) is 23.2 Å². The van der Waals surface area contributed by atoms with Crippen LogP contribution >= 0.6 is 0 Å². The van der Waals surface area contributed by atoms with E-state index in [2.05, 4.69) is 10.4 Å². The Morgan fingerprint density at radius 2 is 1.94 bits per heavy atom. The molecule has 0 radical (unpaired) electrons. The molecule has 0 saturated heterocycles. The Morgan fingerprint density at radius 3 is 2.56 bits per heavy atom. The lowest BCUT2D eigenvalue weighted by molar-refractivity contribution is -0.137. The van der Waals surface area contributed by atoms with E-state index in [9.17, 15) is 32.3 Å². The van der Waals surface area contributed by atoms with Crippen LogP contribution in [0.15, 0.2) is 48.8 Å². The lowest BCUT2D eigenvalue weighted by Gasteiger charge is -2.18. The first-order valence-electron chi connectivity index (χ1n) is 11.1.